The number of nitrogens with zero attached hydrogens (tertiary/aromatic N) is 1. The minimum Gasteiger partial charge on any atom is -0.463 e. The normalized spacial score (nSPS) is 20.5. The molecule has 0 bridgehead atoms. The van der Waals surface area contributed by atoms with Gasteiger partial charge in [-0.2, -0.15) is 10.6 Å². The van der Waals surface area contributed by atoms with Crippen LogP contribution in [-0.4, -0.2) is 34.0 Å². The van der Waals surface area contributed by atoms with Crippen molar-refractivity contribution in [2.24, 2.45) is 5.41 Å². The second kappa shape index (κ2) is 11.5. The molecular formula is C26H34ClNO5S. The summed E-state index contributed by atoms with van der Waals surface area (Å²) in [4.78, 5) is 14.1. The van der Waals surface area contributed by atoms with Gasteiger partial charge in [0, 0.05) is 29.5 Å². The molecule has 3 rings (SSSR count). The Labute approximate surface area is 208 Å². The van der Waals surface area contributed by atoms with Gasteiger partial charge >= 0.3 is 5.97 Å². The average molecular weight is 508 g/mol. The van der Waals surface area contributed by atoms with Gasteiger partial charge in [0.05, 0.1) is 34.6 Å². The topological polar surface area (TPSA) is 79.2 Å². The van der Waals surface area contributed by atoms with Crippen LogP contribution in [0.1, 0.15) is 46.5 Å². The monoisotopic (exact) mass is 507 g/mol. The zero-order valence-corrected chi connectivity index (χ0v) is 21.6. The molecular weight excluding hydrogens is 474 g/mol. The third-order valence-corrected chi connectivity index (χ3v) is 8.56. The standard InChI is InChI=1S/C26H34ClNO5S/c1-4-7-14-26(5-2)18-28(20-11-9-8-10-12-20)22-16-21(27)23(17-24(22)34(30,31)19-26)33-15-13-25(29)32-6-3/h8-13,15-17,30-31H,4-7,14,18-19H2,1-3H3/b15-13+. The first-order chi connectivity index (χ1) is 16.2. The first kappa shape index (κ1) is 26.4. The van der Waals surface area contributed by atoms with Gasteiger partial charge in [-0.05, 0) is 38.0 Å². The summed E-state index contributed by atoms with van der Waals surface area (Å²) in [6, 6.07) is 13.2. The van der Waals surface area contributed by atoms with Crippen LogP contribution in [0, 0.1) is 5.41 Å². The fourth-order valence-corrected chi connectivity index (χ4v) is 6.79. The molecule has 6 nitrogen and oxygen atoms in total. The Morgan fingerprint density at radius 2 is 1.94 bits per heavy atom. The Hall–Kier alpha value is -2.19. The van der Waals surface area contributed by atoms with E-state index in [1.54, 1.807) is 19.1 Å². The molecule has 0 amide bonds. The summed E-state index contributed by atoms with van der Waals surface area (Å²) < 4.78 is 33.4. The maximum Gasteiger partial charge on any atom is 0.333 e. The highest BCUT2D eigenvalue weighted by atomic mass is 35.5. The third-order valence-electron chi connectivity index (χ3n) is 6.22. The number of unbranched alkanes of at least 4 members (excludes halogenated alkanes) is 1. The number of benzene rings is 2. The van der Waals surface area contributed by atoms with Crippen LogP contribution < -0.4 is 9.64 Å². The van der Waals surface area contributed by atoms with Crippen molar-refractivity contribution in [1.29, 1.82) is 0 Å². The maximum absolute atomic E-state index is 11.6. The van der Waals surface area contributed by atoms with Crippen molar-refractivity contribution in [3.05, 3.63) is 59.8 Å². The lowest BCUT2D eigenvalue weighted by atomic mass is 9.81. The van der Waals surface area contributed by atoms with Crippen molar-refractivity contribution in [3.63, 3.8) is 0 Å². The zero-order valence-electron chi connectivity index (χ0n) is 20.0. The number of para-hydroxylation sites is 1. The molecule has 1 aliphatic heterocycles. The van der Waals surface area contributed by atoms with Gasteiger partial charge in [-0.3, -0.25) is 9.11 Å². The molecule has 0 saturated carbocycles. The van der Waals surface area contributed by atoms with E-state index in [0.29, 0.717) is 22.2 Å². The molecule has 0 fully saturated rings. The number of halogens is 1. The van der Waals surface area contributed by atoms with Crippen LogP contribution in [0.5, 0.6) is 5.75 Å². The van der Waals surface area contributed by atoms with Gasteiger partial charge in [0.1, 0.15) is 5.75 Å². The molecule has 0 radical (unpaired) electrons. The van der Waals surface area contributed by atoms with Crippen LogP contribution in [0.15, 0.2) is 59.7 Å². The van der Waals surface area contributed by atoms with E-state index in [2.05, 4.69) is 18.7 Å². The van der Waals surface area contributed by atoms with Crippen molar-refractivity contribution in [2.45, 2.75) is 51.3 Å². The molecule has 0 aliphatic carbocycles. The van der Waals surface area contributed by atoms with E-state index >= 15 is 0 Å². The number of fused-ring (bicyclic) bond motifs is 1. The SMILES string of the molecule is CCCCC1(CC)CN(c2ccccc2)c2cc(Cl)c(O/C=C/C(=O)OCC)cc2S(O)(O)C1. The van der Waals surface area contributed by atoms with Gasteiger partial charge in [0.25, 0.3) is 0 Å². The Morgan fingerprint density at radius 3 is 2.59 bits per heavy atom. The molecule has 1 aliphatic rings. The highest BCUT2D eigenvalue weighted by Gasteiger charge is 2.42. The van der Waals surface area contributed by atoms with Gasteiger partial charge < -0.3 is 14.4 Å². The number of anilines is 2. The fourth-order valence-electron chi connectivity index (χ4n) is 4.34. The number of carbonyl (C=O) groups excluding carboxylic acids is 1. The first-order valence-corrected chi connectivity index (χ1v) is 13.8. The maximum atomic E-state index is 11.6. The smallest absolute Gasteiger partial charge is 0.333 e. The van der Waals surface area contributed by atoms with Gasteiger partial charge in [-0.15, -0.1) is 0 Å². The molecule has 2 aromatic rings. The van der Waals surface area contributed by atoms with Crippen LogP contribution in [0.4, 0.5) is 11.4 Å². The van der Waals surface area contributed by atoms with E-state index in [0.717, 1.165) is 37.4 Å². The number of rotatable bonds is 9. The lowest BCUT2D eigenvalue weighted by molar-refractivity contribution is -0.137. The van der Waals surface area contributed by atoms with E-state index < -0.39 is 16.6 Å². The van der Waals surface area contributed by atoms with Crippen molar-refractivity contribution < 1.29 is 23.4 Å². The Bertz CT molecular complexity index is 1010. The van der Waals surface area contributed by atoms with Crippen molar-refractivity contribution in [2.75, 3.05) is 23.8 Å². The number of hydrogen-bond donors (Lipinski definition) is 2. The van der Waals surface area contributed by atoms with Crippen LogP contribution in [0.3, 0.4) is 0 Å². The summed E-state index contributed by atoms with van der Waals surface area (Å²) in [6.45, 7) is 6.89. The number of ether oxygens (including phenoxy) is 2. The summed E-state index contributed by atoms with van der Waals surface area (Å²) in [7, 11) is -3.15. The van der Waals surface area contributed by atoms with Crippen molar-refractivity contribution >= 4 is 39.5 Å². The van der Waals surface area contributed by atoms with Gasteiger partial charge in [-0.1, -0.05) is 56.5 Å². The molecule has 186 valence electrons. The van der Waals surface area contributed by atoms with Crippen molar-refractivity contribution in [1.82, 2.24) is 0 Å². The molecule has 1 atom stereocenters. The van der Waals surface area contributed by atoms with E-state index in [4.69, 9.17) is 21.1 Å². The number of carbonyl (C=O) groups is 1. The lowest BCUT2D eigenvalue weighted by Gasteiger charge is -2.41. The number of esters is 1. The van der Waals surface area contributed by atoms with Crippen LogP contribution in [0.25, 0.3) is 0 Å². The second-order valence-corrected chi connectivity index (χ2v) is 11.1. The average Bonchev–Trinajstić information content (AvgIpc) is 2.91. The Morgan fingerprint density at radius 1 is 1.21 bits per heavy atom. The lowest BCUT2D eigenvalue weighted by Crippen LogP contribution is -2.37. The summed E-state index contributed by atoms with van der Waals surface area (Å²) in [5.41, 5.74) is 1.34. The molecule has 34 heavy (non-hydrogen) atoms. The van der Waals surface area contributed by atoms with Crippen LogP contribution >= 0.6 is 22.2 Å². The minimum absolute atomic E-state index is 0.242. The summed E-state index contributed by atoms with van der Waals surface area (Å²) in [6.07, 6.45) is 6.12. The summed E-state index contributed by atoms with van der Waals surface area (Å²) >= 11 is 6.57. The highest BCUT2D eigenvalue weighted by Crippen LogP contribution is 2.61. The molecule has 0 aromatic heterocycles. The molecule has 2 N–H and O–H groups in total. The van der Waals surface area contributed by atoms with Gasteiger partial charge in [0.15, 0.2) is 0 Å². The summed E-state index contributed by atoms with van der Waals surface area (Å²) in [5.74, 6) is -0.0184. The third kappa shape index (κ3) is 6.08. The van der Waals surface area contributed by atoms with E-state index in [9.17, 15) is 13.9 Å². The number of hydrogen-bond acceptors (Lipinski definition) is 6. The minimum atomic E-state index is -3.15. The van der Waals surface area contributed by atoms with Gasteiger partial charge in [0.2, 0.25) is 0 Å². The molecule has 2 aromatic carbocycles. The van der Waals surface area contributed by atoms with Crippen LogP contribution in [0.2, 0.25) is 5.02 Å². The highest BCUT2D eigenvalue weighted by molar-refractivity contribution is 8.24. The molecule has 1 heterocycles. The van der Waals surface area contributed by atoms with Crippen LogP contribution in [-0.2, 0) is 9.53 Å². The van der Waals surface area contributed by atoms with Crippen molar-refractivity contribution in [3.8, 4) is 5.75 Å². The summed E-state index contributed by atoms with van der Waals surface area (Å²) in [5, 5.41) is 0.306. The Balaban J connectivity index is 2.09. The van der Waals surface area contributed by atoms with E-state index in [-0.39, 0.29) is 23.5 Å². The largest absolute Gasteiger partial charge is 0.463 e. The molecule has 0 saturated heterocycles. The quantitative estimate of drug-likeness (QED) is 0.206. The Kier molecular flexibility index (Phi) is 8.93. The fraction of sp³-hybridized carbons (Fsp3) is 0.423. The van der Waals surface area contributed by atoms with Gasteiger partial charge in [-0.25, -0.2) is 4.79 Å². The predicted octanol–water partition coefficient (Wildman–Crippen LogP) is 7.64. The zero-order chi connectivity index (χ0) is 24.8. The molecule has 1 unspecified atom stereocenters. The molecule has 0 spiro atoms. The predicted molar refractivity (Wildman–Crippen MR) is 140 cm³/mol. The van der Waals surface area contributed by atoms with E-state index in [1.165, 1.54) is 6.26 Å². The first-order valence-electron chi connectivity index (χ1n) is 11.7. The molecule has 8 heteroatoms. The van der Waals surface area contributed by atoms with E-state index in [1.807, 2.05) is 30.3 Å². The second-order valence-electron chi connectivity index (χ2n) is 8.61.